The summed E-state index contributed by atoms with van der Waals surface area (Å²) in [5, 5.41) is 7.44. The summed E-state index contributed by atoms with van der Waals surface area (Å²) in [7, 11) is 0. The monoisotopic (exact) mass is 375 g/mol. The summed E-state index contributed by atoms with van der Waals surface area (Å²) in [4.78, 5) is 16.9. The molecular weight excluding hydrogens is 362 g/mol. The van der Waals surface area contributed by atoms with Gasteiger partial charge < -0.3 is 9.84 Å². The largest absolute Gasteiger partial charge is 0.334 e. The Morgan fingerprint density at radius 1 is 0.926 bits per heavy atom. The minimum absolute atomic E-state index is 0.231. The van der Waals surface area contributed by atoms with E-state index in [1.807, 2.05) is 48.5 Å². The van der Waals surface area contributed by atoms with Gasteiger partial charge in [-0.15, -0.1) is 0 Å². The molecule has 0 aliphatic heterocycles. The van der Waals surface area contributed by atoms with Gasteiger partial charge in [-0.05, 0) is 42.5 Å². The number of carbonyl (C=O) groups excluding carboxylic acids is 1. The first-order valence-electron chi connectivity index (χ1n) is 8.26. The highest BCUT2D eigenvalue weighted by molar-refractivity contribution is 6.31. The molecule has 0 saturated heterocycles. The van der Waals surface area contributed by atoms with Crippen LogP contribution in [0.2, 0.25) is 5.02 Å². The molecule has 0 atom stereocenters. The van der Waals surface area contributed by atoms with E-state index in [4.69, 9.17) is 16.1 Å². The van der Waals surface area contributed by atoms with Crippen LogP contribution in [0.4, 0.5) is 5.69 Å². The van der Waals surface area contributed by atoms with Crippen LogP contribution < -0.4 is 5.32 Å². The van der Waals surface area contributed by atoms with Crippen LogP contribution in [-0.2, 0) is 0 Å². The number of aromatic nitrogens is 2. The van der Waals surface area contributed by atoms with Crippen LogP contribution in [0, 0.1) is 0 Å². The van der Waals surface area contributed by atoms with Crippen LogP contribution in [0.1, 0.15) is 10.4 Å². The average Bonchev–Trinajstić information content (AvgIpc) is 3.21. The van der Waals surface area contributed by atoms with E-state index in [0.717, 1.165) is 5.56 Å². The van der Waals surface area contributed by atoms with Gasteiger partial charge in [0.2, 0.25) is 5.82 Å². The Bertz CT molecular complexity index is 1080. The second-order valence-corrected chi connectivity index (χ2v) is 6.24. The SMILES string of the molecule is O=C(Nc1ccc(Cl)cc1-c1noc(-c2ccccc2)n1)c1ccccc1. The number of anilines is 1. The highest BCUT2D eigenvalue weighted by Gasteiger charge is 2.16. The summed E-state index contributed by atoms with van der Waals surface area (Å²) in [6.07, 6.45) is 0. The van der Waals surface area contributed by atoms with E-state index in [-0.39, 0.29) is 5.91 Å². The molecule has 1 N–H and O–H groups in total. The van der Waals surface area contributed by atoms with Crippen molar-refractivity contribution >= 4 is 23.2 Å². The van der Waals surface area contributed by atoms with Gasteiger partial charge in [-0.3, -0.25) is 4.79 Å². The van der Waals surface area contributed by atoms with Gasteiger partial charge in [0.25, 0.3) is 11.8 Å². The van der Waals surface area contributed by atoms with E-state index in [1.54, 1.807) is 30.3 Å². The van der Waals surface area contributed by atoms with Gasteiger partial charge in [0.1, 0.15) is 0 Å². The summed E-state index contributed by atoms with van der Waals surface area (Å²) >= 11 is 6.15. The van der Waals surface area contributed by atoms with Gasteiger partial charge in [0.05, 0.1) is 5.69 Å². The third kappa shape index (κ3) is 3.73. The predicted molar refractivity (Wildman–Crippen MR) is 105 cm³/mol. The normalized spacial score (nSPS) is 10.6. The van der Waals surface area contributed by atoms with Crippen LogP contribution in [0.25, 0.3) is 22.8 Å². The molecular formula is C21H14ClN3O2. The lowest BCUT2D eigenvalue weighted by Gasteiger charge is -2.09. The molecule has 0 unspecified atom stereocenters. The molecule has 0 aliphatic rings. The molecule has 0 bridgehead atoms. The van der Waals surface area contributed by atoms with Crippen molar-refractivity contribution in [2.45, 2.75) is 0 Å². The smallest absolute Gasteiger partial charge is 0.258 e. The first-order valence-corrected chi connectivity index (χ1v) is 8.64. The molecule has 6 heteroatoms. The Balaban J connectivity index is 1.68. The van der Waals surface area contributed by atoms with Crippen molar-refractivity contribution in [3.8, 4) is 22.8 Å². The number of carbonyl (C=O) groups is 1. The molecule has 132 valence electrons. The van der Waals surface area contributed by atoms with Gasteiger partial charge in [0.15, 0.2) is 0 Å². The number of nitrogens with one attached hydrogen (secondary N) is 1. The molecule has 0 saturated carbocycles. The van der Waals surface area contributed by atoms with Crippen molar-refractivity contribution in [2.75, 3.05) is 5.32 Å². The van der Waals surface area contributed by atoms with E-state index in [9.17, 15) is 4.79 Å². The number of amides is 1. The quantitative estimate of drug-likeness (QED) is 0.525. The van der Waals surface area contributed by atoms with Crippen molar-refractivity contribution in [1.82, 2.24) is 10.1 Å². The maximum absolute atomic E-state index is 12.5. The summed E-state index contributed by atoms with van der Waals surface area (Å²) < 4.78 is 5.37. The molecule has 3 aromatic carbocycles. The number of benzene rings is 3. The molecule has 27 heavy (non-hydrogen) atoms. The van der Waals surface area contributed by atoms with Crippen LogP contribution in [-0.4, -0.2) is 16.0 Å². The van der Waals surface area contributed by atoms with Crippen LogP contribution in [0.5, 0.6) is 0 Å². The molecule has 5 nitrogen and oxygen atoms in total. The Morgan fingerprint density at radius 3 is 2.37 bits per heavy atom. The maximum Gasteiger partial charge on any atom is 0.258 e. The van der Waals surface area contributed by atoms with E-state index < -0.39 is 0 Å². The van der Waals surface area contributed by atoms with Gasteiger partial charge >= 0.3 is 0 Å². The van der Waals surface area contributed by atoms with E-state index in [2.05, 4.69) is 15.5 Å². The van der Waals surface area contributed by atoms with E-state index in [1.165, 1.54) is 0 Å². The van der Waals surface area contributed by atoms with Crippen LogP contribution >= 0.6 is 11.6 Å². The molecule has 1 amide bonds. The highest BCUT2D eigenvalue weighted by Crippen LogP contribution is 2.31. The topological polar surface area (TPSA) is 68.0 Å². The number of hydrogen-bond acceptors (Lipinski definition) is 4. The fourth-order valence-electron chi connectivity index (χ4n) is 2.63. The standard InChI is InChI=1S/C21H14ClN3O2/c22-16-11-12-18(23-20(26)14-7-3-1-4-8-14)17(13-16)19-24-21(27-25-19)15-9-5-2-6-10-15/h1-13H,(H,23,26). The highest BCUT2D eigenvalue weighted by atomic mass is 35.5. The third-order valence-electron chi connectivity index (χ3n) is 3.95. The Morgan fingerprint density at radius 2 is 1.63 bits per heavy atom. The zero-order valence-electron chi connectivity index (χ0n) is 14.1. The first kappa shape index (κ1) is 17.0. The Hall–Kier alpha value is -3.44. The minimum Gasteiger partial charge on any atom is -0.334 e. The van der Waals surface area contributed by atoms with Crippen LogP contribution in [0.3, 0.4) is 0 Å². The van der Waals surface area contributed by atoms with Crippen molar-refractivity contribution in [3.63, 3.8) is 0 Å². The number of nitrogens with zero attached hydrogens (tertiary/aromatic N) is 2. The van der Waals surface area contributed by atoms with Gasteiger partial charge in [-0.2, -0.15) is 4.98 Å². The summed E-state index contributed by atoms with van der Waals surface area (Å²) in [6.45, 7) is 0. The molecule has 0 aliphatic carbocycles. The second kappa shape index (κ2) is 7.43. The average molecular weight is 376 g/mol. The van der Waals surface area contributed by atoms with Crippen molar-refractivity contribution in [3.05, 3.63) is 89.4 Å². The van der Waals surface area contributed by atoms with Crippen LogP contribution in [0.15, 0.2) is 83.4 Å². The van der Waals surface area contributed by atoms with E-state index in [0.29, 0.717) is 33.6 Å². The third-order valence-corrected chi connectivity index (χ3v) is 4.19. The van der Waals surface area contributed by atoms with Gasteiger partial charge in [-0.1, -0.05) is 53.2 Å². The number of rotatable bonds is 4. The lowest BCUT2D eigenvalue weighted by Crippen LogP contribution is -2.12. The maximum atomic E-state index is 12.5. The molecule has 0 fully saturated rings. The summed E-state index contributed by atoms with van der Waals surface area (Å²) in [5.74, 6) is 0.511. The lowest BCUT2D eigenvalue weighted by molar-refractivity contribution is 0.102. The molecule has 0 spiro atoms. The zero-order chi connectivity index (χ0) is 18.6. The molecule has 4 aromatic rings. The predicted octanol–water partition coefficient (Wildman–Crippen LogP) is 5.31. The fourth-order valence-corrected chi connectivity index (χ4v) is 2.80. The summed E-state index contributed by atoms with van der Waals surface area (Å²) in [5.41, 5.74) is 2.50. The van der Waals surface area contributed by atoms with Gasteiger partial charge in [-0.25, -0.2) is 0 Å². The minimum atomic E-state index is -0.231. The fraction of sp³-hybridized carbons (Fsp3) is 0. The van der Waals surface area contributed by atoms with Crippen molar-refractivity contribution in [1.29, 1.82) is 0 Å². The summed E-state index contributed by atoms with van der Waals surface area (Å²) in [6, 6.07) is 23.5. The van der Waals surface area contributed by atoms with Crippen molar-refractivity contribution in [2.24, 2.45) is 0 Å². The molecule has 1 heterocycles. The molecule has 1 aromatic heterocycles. The Kier molecular flexibility index (Phi) is 4.68. The lowest BCUT2D eigenvalue weighted by atomic mass is 10.1. The zero-order valence-corrected chi connectivity index (χ0v) is 14.9. The Labute approximate surface area is 160 Å². The first-order chi connectivity index (χ1) is 13.2. The van der Waals surface area contributed by atoms with E-state index >= 15 is 0 Å². The second-order valence-electron chi connectivity index (χ2n) is 5.80. The van der Waals surface area contributed by atoms with Crippen molar-refractivity contribution < 1.29 is 9.32 Å². The van der Waals surface area contributed by atoms with Gasteiger partial charge in [0, 0.05) is 21.7 Å². The molecule has 4 rings (SSSR count). The molecule has 0 radical (unpaired) electrons. The number of halogens is 1. The number of hydrogen-bond donors (Lipinski definition) is 1.